The zero-order valence-electron chi connectivity index (χ0n) is 7.69. The lowest BCUT2D eigenvalue weighted by Gasteiger charge is -2.20. The minimum atomic E-state index is -0.741. The first kappa shape index (κ1) is 11.8. The maximum atomic E-state index is 9.36. The molecule has 4 nitrogen and oxygen atoms in total. The van der Waals surface area contributed by atoms with E-state index in [9.17, 15) is 5.11 Å². The van der Waals surface area contributed by atoms with Crippen LogP contribution in [0.4, 0.5) is 0 Å². The summed E-state index contributed by atoms with van der Waals surface area (Å²) < 4.78 is 10.1. The van der Waals surface area contributed by atoms with Crippen molar-refractivity contribution < 1.29 is 19.7 Å². The molecule has 0 aliphatic carbocycles. The molecule has 12 heavy (non-hydrogen) atoms. The Bertz CT molecular complexity index is 97.1. The molecule has 0 amide bonds. The molecule has 0 rings (SSSR count). The number of aliphatic hydroxyl groups is 2. The summed E-state index contributed by atoms with van der Waals surface area (Å²) in [6.45, 7) is 4.73. The normalized spacial score (nSPS) is 16.0. The van der Waals surface area contributed by atoms with Crippen molar-refractivity contribution in [1.82, 2.24) is 0 Å². The van der Waals surface area contributed by atoms with Gasteiger partial charge in [-0.15, -0.1) is 0 Å². The Labute approximate surface area is 73.1 Å². The SMILES string of the molecule is CCOCC(O)C(CO)OCC. The number of rotatable bonds is 7. The van der Waals surface area contributed by atoms with E-state index < -0.39 is 12.2 Å². The van der Waals surface area contributed by atoms with E-state index in [0.717, 1.165) is 0 Å². The third-order valence-corrected chi connectivity index (χ3v) is 1.48. The highest BCUT2D eigenvalue weighted by Crippen LogP contribution is 1.99. The molecule has 74 valence electrons. The Hall–Kier alpha value is -0.160. The van der Waals surface area contributed by atoms with E-state index in [4.69, 9.17) is 14.6 Å². The van der Waals surface area contributed by atoms with Crippen molar-refractivity contribution in [2.45, 2.75) is 26.1 Å². The Kier molecular flexibility index (Phi) is 7.39. The van der Waals surface area contributed by atoms with Crippen molar-refractivity contribution in [2.24, 2.45) is 0 Å². The second kappa shape index (κ2) is 7.49. The highest BCUT2D eigenvalue weighted by atomic mass is 16.5. The van der Waals surface area contributed by atoms with Crippen LogP contribution < -0.4 is 0 Å². The monoisotopic (exact) mass is 178 g/mol. The van der Waals surface area contributed by atoms with E-state index in [1.807, 2.05) is 13.8 Å². The van der Waals surface area contributed by atoms with Gasteiger partial charge in [-0.3, -0.25) is 0 Å². The van der Waals surface area contributed by atoms with Gasteiger partial charge in [-0.2, -0.15) is 0 Å². The van der Waals surface area contributed by atoms with Gasteiger partial charge in [0.25, 0.3) is 0 Å². The number of hydrogen-bond acceptors (Lipinski definition) is 4. The van der Waals surface area contributed by atoms with Crippen LogP contribution in [0, 0.1) is 0 Å². The summed E-state index contributed by atoms with van der Waals surface area (Å²) >= 11 is 0. The number of aliphatic hydroxyl groups excluding tert-OH is 2. The van der Waals surface area contributed by atoms with Gasteiger partial charge in [0.05, 0.1) is 13.2 Å². The molecule has 2 atom stereocenters. The van der Waals surface area contributed by atoms with Gasteiger partial charge in [-0.1, -0.05) is 0 Å². The van der Waals surface area contributed by atoms with Crippen molar-refractivity contribution in [1.29, 1.82) is 0 Å². The van der Waals surface area contributed by atoms with Gasteiger partial charge in [0, 0.05) is 13.2 Å². The minimum absolute atomic E-state index is 0.178. The van der Waals surface area contributed by atoms with Gasteiger partial charge >= 0.3 is 0 Å². The van der Waals surface area contributed by atoms with Crippen LogP contribution in [0.15, 0.2) is 0 Å². The van der Waals surface area contributed by atoms with Gasteiger partial charge in [-0.25, -0.2) is 0 Å². The standard InChI is InChI=1S/C8H18O4/c1-3-11-6-7(10)8(5-9)12-4-2/h7-10H,3-6H2,1-2H3. The summed E-state index contributed by atoms with van der Waals surface area (Å²) in [5.74, 6) is 0. The summed E-state index contributed by atoms with van der Waals surface area (Å²) in [5.41, 5.74) is 0. The highest BCUT2D eigenvalue weighted by molar-refractivity contribution is 4.66. The Morgan fingerprint density at radius 3 is 2.33 bits per heavy atom. The van der Waals surface area contributed by atoms with Crippen molar-refractivity contribution in [3.05, 3.63) is 0 Å². The van der Waals surface area contributed by atoms with E-state index in [2.05, 4.69) is 0 Å². The van der Waals surface area contributed by atoms with Crippen LogP contribution >= 0.6 is 0 Å². The molecule has 0 aliphatic rings. The van der Waals surface area contributed by atoms with Gasteiger partial charge in [0.1, 0.15) is 12.2 Å². The summed E-state index contributed by atoms with van der Waals surface area (Å²) in [4.78, 5) is 0. The molecule has 4 heteroatoms. The smallest absolute Gasteiger partial charge is 0.109 e. The van der Waals surface area contributed by atoms with Crippen LogP contribution in [0.2, 0.25) is 0 Å². The topological polar surface area (TPSA) is 58.9 Å². The average molecular weight is 178 g/mol. The Morgan fingerprint density at radius 2 is 1.92 bits per heavy atom. The lowest BCUT2D eigenvalue weighted by atomic mass is 10.2. The van der Waals surface area contributed by atoms with Crippen LogP contribution in [0.1, 0.15) is 13.8 Å². The van der Waals surface area contributed by atoms with Crippen LogP contribution in [0.5, 0.6) is 0 Å². The largest absolute Gasteiger partial charge is 0.394 e. The Morgan fingerprint density at radius 1 is 1.25 bits per heavy atom. The molecule has 0 aromatic rings. The summed E-state index contributed by atoms with van der Waals surface area (Å²) in [6.07, 6.45) is -1.27. The summed E-state index contributed by atoms with van der Waals surface area (Å²) in [7, 11) is 0. The summed E-state index contributed by atoms with van der Waals surface area (Å²) in [5, 5.41) is 18.1. The third-order valence-electron chi connectivity index (χ3n) is 1.48. The van der Waals surface area contributed by atoms with E-state index in [1.54, 1.807) is 0 Å². The minimum Gasteiger partial charge on any atom is -0.394 e. The predicted molar refractivity (Wildman–Crippen MR) is 45.0 cm³/mol. The van der Waals surface area contributed by atoms with Crippen LogP contribution in [-0.2, 0) is 9.47 Å². The number of hydrogen-bond donors (Lipinski definition) is 2. The molecule has 0 spiro atoms. The lowest BCUT2D eigenvalue weighted by molar-refractivity contribution is -0.0863. The van der Waals surface area contributed by atoms with Gasteiger partial charge in [0.15, 0.2) is 0 Å². The molecule has 2 unspecified atom stereocenters. The molecule has 0 heterocycles. The molecular formula is C8H18O4. The van der Waals surface area contributed by atoms with Crippen molar-refractivity contribution in [3.8, 4) is 0 Å². The van der Waals surface area contributed by atoms with E-state index in [1.165, 1.54) is 0 Å². The number of ether oxygens (including phenoxy) is 2. The van der Waals surface area contributed by atoms with E-state index >= 15 is 0 Å². The average Bonchev–Trinajstić information content (AvgIpc) is 2.10. The maximum Gasteiger partial charge on any atom is 0.109 e. The maximum absolute atomic E-state index is 9.36. The Balaban J connectivity index is 3.60. The first-order chi connectivity index (χ1) is 5.76. The molecule has 2 N–H and O–H groups in total. The fraction of sp³-hybridized carbons (Fsp3) is 1.00. The molecule has 0 radical (unpaired) electrons. The molecule has 0 saturated carbocycles. The van der Waals surface area contributed by atoms with Crippen LogP contribution in [0.3, 0.4) is 0 Å². The zero-order chi connectivity index (χ0) is 9.40. The zero-order valence-corrected chi connectivity index (χ0v) is 7.69. The van der Waals surface area contributed by atoms with Gasteiger partial charge in [-0.05, 0) is 13.8 Å². The second-order valence-corrected chi connectivity index (χ2v) is 2.40. The van der Waals surface area contributed by atoms with Gasteiger partial charge in [0.2, 0.25) is 0 Å². The first-order valence-corrected chi connectivity index (χ1v) is 4.24. The predicted octanol–water partition coefficient (Wildman–Crippen LogP) is -0.219. The fourth-order valence-electron chi connectivity index (χ4n) is 0.845. The van der Waals surface area contributed by atoms with Crippen molar-refractivity contribution >= 4 is 0 Å². The fourth-order valence-corrected chi connectivity index (χ4v) is 0.845. The molecular weight excluding hydrogens is 160 g/mol. The molecule has 0 bridgehead atoms. The quantitative estimate of drug-likeness (QED) is 0.566. The first-order valence-electron chi connectivity index (χ1n) is 4.24. The second-order valence-electron chi connectivity index (χ2n) is 2.40. The van der Waals surface area contributed by atoms with E-state index in [-0.39, 0.29) is 13.2 Å². The highest BCUT2D eigenvalue weighted by Gasteiger charge is 2.17. The van der Waals surface area contributed by atoms with Crippen LogP contribution in [-0.4, -0.2) is 48.8 Å². The van der Waals surface area contributed by atoms with E-state index in [0.29, 0.717) is 13.2 Å². The molecule has 0 aromatic carbocycles. The summed E-state index contributed by atoms with van der Waals surface area (Å²) in [6, 6.07) is 0. The molecule has 0 aliphatic heterocycles. The third kappa shape index (κ3) is 4.66. The van der Waals surface area contributed by atoms with Gasteiger partial charge < -0.3 is 19.7 Å². The lowest BCUT2D eigenvalue weighted by Crippen LogP contribution is -2.36. The molecule has 0 saturated heterocycles. The van der Waals surface area contributed by atoms with Crippen LogP contribution in [0.25, 0.3) is 0 Å². The van der Waals surface area contributed by atoms with Crippen molar-refractivity contribution in [2.75, 3.05) is 26.4 Å². The molecule has 0 fully saturated rings. The van der Waals surface area contributed by atoms with Crippen molar-refractivity contribution in [3.63, 3.8) is 0 Å². The molecule has 0 aromatic heterocycles.